The Labute approximate surface area is 206 Å². The van der Waals surface area contributed by atoms with Crippen LogP contribution in [0.4, 0.5) is 0 Å². The minimum absolute atomic E-state index is 0.0895. The Morgan fingerprint density at radius 2 is 1.92 bits per heavy atom. The third kappa shape index (κ3) is 3.32. The second-order valence-electron chi connectivity index (χ2n) is 9.35. The summed E-state index contributed by atoms with van der Waals surface area (Å²) in [5.74, 6) is 0.519. The van der Waals surface area contributed by atoms with Crippen LogP contribution in [-0.2, 0) is 34.8 Å². The molecule has 0 radical (unpaired) electrons. The van der Waals surface area contributed by atoms with E-state index in [1.165, 1.54) is 0 Å². The van der Waals surface area contributed by atoms with Crippen molar-refractivity contribution in [2.24, 2.45) is 0 Å². The predicted octanol–water partition coefficient (Wildman–Crippen LogP) is 1.67. The average molecular weight is 494 g/mol. The lowest BCUT2D eigenvalue weighted by Crippen LogP contribution is -2.44. The molecule has 1 atom stereocenters. The topological polar surface area (TPSA) is 132 Å². The van der Waals surface area contributed by atoms with Gasteiger partial charge in [-0.2, -0.15) is 0 Å². The molecule has 10 nitrogen and oxygen atoms in total. The maximum Gasteiger partial charge on any atom is 0.343 e. The van der Waals surface area contributed by atoms with E-state index in [1.54, 1.807) is 17.6 Å². The van der Waals surface area contributed by atoms with Gasteiger partial charge in [-0.05, 0) is 43.5 Å². The molecule has 36 heavy (non-hydrogen) atoms. The first kappa shape index (κ1) is 23.0. The maximum atomic E-state index is 13.5. The van der Waals surface area contributed by atoms with E-state index in [9.17, 15) is 14.7 Å². The summed E-state index contributed by atoms with van der Waals surface area (Å²) in [6.45, 7) is 3.41. The van der Waals surface area contributed by atoms with E-state index < -0.39 is 11.6 Å². The summed E-state index contributed by atoms with van der Waals surface area (Å²) >= 11 is 0. The van der Waals surface area contributed by atoms with Crippen molar-refractivity contribution in [3.05, 3.63) is 50.8 Å². The summed E-state index contributed by atoms with van der Waals surface area (Å²) in [6.07, 6.45) is 1.64. The number of carbonyl (C=O) groups excluding carboxylic acids is 1. The van der Waals surface area contributed by atoms with E-state index in [1.807, 2.05) is 12.1 Å². The number of aliphatic hydroxyl groups is 2. The molecule has 6 rings (SSSR count). The van der Waals surface area contributed by atoms with Gasteiger partial charge in [0.1, 0.15) is 6.61 Å². The number of aromatic nitrogens is 2. The van der Waals surface area contributed by atoms with Crippen molar-refractivity contribution in [1.29, 1.82) is 0 Å². The van der Waals surface area contributed by atoms with Gasteiger partial charge >= 0.3 is 5.97 Å². The van der Waals surface area contributed by atoms with E-state index in [-0.39, 0.29) is 32.0 Å². The number of aliphatic hydroxyl groups excluding tert-OH is 1. The zero-order chi connectivity index (χ0) is 25.0. The molecule has 0 unspecified atom stereocenters. The Hall–Kier alpha value is -3.47. The van der Waals surface area contributed by atoms with Crippen molar-refractivity contribution >= 4 is 16.9 Å². The molecule has 0 aliphatic carbocycles. The molecule has 3 N–H and O–H groups in total. The number of hydrogen-bond donors (Lipinski definition) is 3. The number of esters is 1. The van der Waals surface area contributed by atoms with Crippen molar-refractivity contribution in [3.8, 4) is 22.9 Å². The fraction of sp³-hybridized carbons (Fsp3) is 0.423. The molecule has 0 fully saturated rings. The normalized spacial score (nSPS) is 19.2. The number of unbranched alkanes of at least 4 members (excludes halogenated alkanes) is 1. The van der Waals surface area contributed by atoms with Gasteiger partial charge in [0, 0.05) is 35.7 Å². The number of ether oxygens (including phenoxy) is 3. The summed E-state index contributed by atoms with van der Waals surface area (Å²) in [6, 6.07) is 5.48. The van der Waals surface area contributed by atoms with Gasteiger partial charge in [-0.15, -0.1) is 0 Å². The molecule has 1 aromatic carbocycles. The fourth-order valence-electron chi connectivity index (χ4n) is 5.33. The first-order valence-corrected chi connectivity index (χ1v) is 12.2. The molecule has 0 bridgehead atoms. The molecular weight excluding hydrogens is 466 g/mol. The van der Waals surface area contributed by atoms with Crippen LogP contribution in [0.25, 0.3) is 22.3 Å². The van der Waals surface area contributed by atoms with E-state index >= 15 is 0 Å². The van der Waals surface area contributed by atoms with Gasteiger partial charge in [0.25, 0.3) is 5.56 Å². The van der Waals surface area contributed by atoms with Crippen molar-refractivity contribution in [2.75, 3.05) is 19.9 Å². The molecule has 2 aromatic heterocycles. The monoisotopic (exact) mass is 493 g/mol. The second-order valence-corrected chi connectivity index (χ2v) is 9.35. The largest absolute Gasteiger partial charge is 0.458 e. The van der Waals surface area contributed by atoms with Crippen LogP contribution >= 0.6 is 0 Å². The van der Waals surface area contributed by atoms with Crippen LogP contribution < -0.4 is 20.3 Å². The minimum Gasteiger partial charge on any atom is -0.458 e. The van der Waals surface area contributed by atoms with Gasteiger partial charge in [0.05, 0.1) is 29.0 Å². The lowest BCUT2D eigenvalue weighted by atomic mass is 9.86. The lowest BCUT2D eigenvalue weighted by molar-refractivity contribution is -0.172. The van der Waals surface area contributed by atoms with E-state index in [4.69, 9.17) is 24.3 Å². The summed E-state index contributed by atoms with van der Waals surface area (Å²) in [5, 5.41) is 24.6. The first-order chi connectivity index (χ1) is 17.5. The van der Waals surface area contributed by atoms with Crippen LogP contribution in [0.1, 0.15) is 48.4 Å². The molecule has 5 heterocycles. The highest BCUT2D eigenvalue weighted by atomic mass is 16.7. The number of hydrogen-bond acceptors (Lipinski definition) is 9. The SMILES string of the molecule is CC[C@@]1(O)C(=O)OCc2c1cc1n(c2=O)Cc2c-1nc1cc3c(cc1c2CNCCCCO)OCO3. The quantitative estimate of drug-likeness (QED) is 0.260. The van der Waals surface area contributed by atoms with Crippen LogP contribution in [0, 0.1) is 0 Å². The van der Waals surface area contributed by atoms with Gasteiger partial charge in [0.2, 0.25) is 6.79 Å². The number of benzene rings is 1. The molecule has 0 amide bonds. The third-order valence-electron chi connectivity index (χ3n) is 7.36. The third-order valence-corrected chi connectivity index (χ3v) is 7.36. The highest BCUT2D eigenvalue weighted by Crippen LogP contribution is 2.43. The van der Waals surface area contributed by atoms with Gasteiger partial charge in [-0.3, -0.25) is 4.79 Å². The summed E-state index contributed by atoms with van der Waals surface area (Å²) < 4.78 is 18.0. The molecule has 0 saturated carbocycles. The van der Waals surface area contributed by atoms with Crippen molar-refractivity contribution in [2.45, 2.75) is 51.5 Å². The van der Waals surface area contributed by atoms with Crippen molar-refractivity contribution in [3.63, 3.8) is 0 Å². The molecule has 3 aliphatic rings. The smallest absolute Gasteiger partial charge is 0.343 e. The van der Waals surface area contributed by atoms with Crippen LogP contribution in [0.15, 0.2) is 23.0 Å². The van der Waals surface area contributed by atoms with Gasteiger partial charge < -0.3 is 34.3 Å². The minimum atomic E-state index is -1.87. The van der Waals surface area contributed by atoms with Gasteiger partial charge in [-0.1, -0.05) is 6.92 Å². The van der Waals surface area contributed by atoms with Crippen LogP contribution in [-0.4, -0.2) is 45.7 Å². The Kier molecular flexibility index (Phi) is 5.47. The zero-order valence-electron chi connectivity index (χ0n) is 19.9. The van der Waals surface area contributed by atoms with Crippen LogP contribution in [0.2, 0.25) is 0 Å². The van der Waals surface area contributed by atoms with E-state index in [0.717, 1.165) is 29.5 Å². The molecule has 0 spiro atoms. The standard InChI is InChI=1S/C26H27N3O7/c1-2-26(33)18-8-20-23-16(11-29(20)24(31)17(18)12-34-25(26)32)15(10-27-5-3-4-6-30)14-7-21-22(36-13-35-21)9-19(14)28-23/h7-9,27,30,33H,2-6,10-13H2,1H3/t26-/m0/s1. The average Bonchev–Trinajstić information content (AvgIpc) is 3.49. The number of carbonyl (C=O) groups is 1. The van der Waals surface area contributed by atoms with Crippen molar-refractivity contribution in [1.82, 2.24) is 14.9 Å². The Balaban J connectivity index is 1.53. The highest BCUT2D eigenvalue weighted by molar-refractivity contribution is 5.91. The summed E-state index contributed by atoms with van der Waals surface area (Å²) in [4.78, 5) is 30.9. The van der Waals surface area contributed by atoms with E-state index in [2.05, 4.69) is 5.32 Å². The molecule has 3 aromatic rings. The van der Waals surface area contributed by atoms with Crippen LogP contribution in [0.3, 0.4) is 0 Å². The summed E-state index contributed by atoms with van der Waals surface area (Å²) in [7, 11) is 0. The number of cyclic esters (lactones) is 1. The lowest BCUT2D eigenvalue weighted by Gasteiger charge is -2.31. The predicted molar refractivity (Wildman–Crippen MR) is 129 cm³/mol. The maximum absolute atomic E-state index is 13.5. The molecular formula is C26H27N3O7. The molecule has 3 aliphatic heterocycles. The Morgan fingerprint density at radius 1 is 1.11 bits per heavy atom. The zero-order valence-corrected chi connectivity index (χ0v) is 19.9. The highest BCUT2D eigenvalue weighted by Gasteiger charge is 2.45. The molecule has 0 saturated heterocycles. The number of pyridine rings is 2. The van der Waals surface area contributed by atoms with Crippen LogP contribution in [0.5, 0.6) is 11.5 Å². The first-order valence-electron chi connectivity index (χ1n) is 12.2. The molecule has 188 valence electrons. The second kappa shape index (κ2) is 8.58. The Bertz CT molecular complexity index is 1460. The number of nitrogens with zero attached hydrogens (tertiary/aromatic N) is 2. The summed E-state index contributed by atoms with van der Waals surface area (Å²) in [5.41, 5.74) is 2.24. The number of fused-ring (bicyclic) bond motifs is 6. The van der Waals surface area contributed by atoms with Gasteiger partial charge in [-0.25, -0.2) is 9.78 Å². The fourth-order valence-corrected chi connectivity index (χ4v) is 5.33. The Morgan fingerprint density at radius 3 is 2.69 bits per heavy atom. The molecule has 10 heteroatoms. The number of rotatable bonds is 7. The number of nitrogens with one attached hydrogen (secondary N) is 1. The van der Waals surface area contributed by atoms with Gasteiger partial charge in [0.15, 0.2) is 17.1 Å². The van der Waals surface area contributed by atoms with Crippen molar-refractivity contribution < 1.29 is 29.2 Å². The van der Waals surface area contributed by atoms with E-state index in [0.29, 0.717) is 59.0 Å².